The topological polar surface area (TPSA) is 29.5 Å². The Morgan fingerprint density at radius 3 is 2.20 bits per heavy atom. The van der Waals surface area contributed by atoms with Crippen molar-refractivity contribution in [3.8, 4) is 0 Å². The van der Waals surface area contributed by atoms with Crippen LogP contribution >= 0.6 is 0 Å². The molecule has 1 atom stereocenters. The Kier molecular flexibility index (Phi) is 5.69. The van der Waals surface area contributed by atoms with Crippen LogP contribution in [0.4, 0.5) is 4.79 Å². The van der Waals surface area contributed by atoms with E-state index in [1.54, 1.807) is 4.90 Å². The fraction of sp³-hybridized carbons (Fsp3) is 0.917. The molecule has 0 unspecified atom stereocenters. The summed E-state index contributed by atoms with van der Waals surface area (Å²) in [4.78, 5) is 13.3. The molecule has 1 aliphatic rings. The van der Waals surface area contributed by atoms with Crippen molar-refractivity contribution in [2.45, 2.75) is 53.6 Å². The van der Waals surface area contributed by atoms with E-state index in [9.17, 15) is 4.79 Å². The van der Waals surface area contributed by atoms with E-state index < -0.39 is 0 Å². The summed E-state index contributed by atoms with van der Waals surface area (Å²) in [6, 6.07) is 0. The number of hydrogen-bond acceptors (Lipinski definition) is 2. The fourth-order valence-corrected chi connectivity index (χ4v) is 1.43. The molecule has 3 nitrogen and oxygen atoms in total. The average Bonchev–Trinajstić information content (AvgIpc) is 2.52. The highest BCUT2D eigenvalue weighted by atomic mass is 16.6. The Morgan fingerprint density at radius 1 is 1.33 bits per heavy atom. The van der Waals surface area contributed by atoms with Gasteiger partial charge in [-0.15, -0.1) is 0 Å². The molecule has 15 heavy (non-hydrogen) atoms. The van der Waals surface area contributed by atoms with Crippen LogP contribution in [0, 0.1) is 5.92 Å². The van der Waals surface area contributed by atoms with Crippen LogP contribution in [-0.2, 0) is 4.74 Å². The Balaban J connectivity index is 0.000000921. The average molecular weight is 215 g/mol. The SMILES string of the molecule is CC.C[C@H]1CCN(C(=O)OC(C)(C)C)C1. The minimum atomic E-state index is -0.372. The number of likely N-dealkylation sites (tertiary alicyclic amines) is 1. The number of hydrogen-bond donors (Lipinski definition) is 0. The smallest absolute Gasteiger partial charge is 0.410 e. The number of rotatable bonds is 0. The van der Waals surface area contributed by atoms with Gasteiger partial charge in [-0.1, -0.05) is 20.8 Å². The van der Waals surface area contributed by atoms with Crippen LogP contribution in [0.1, 0.15) is 48.0 Å². The molecule has 90 valence electrons. The van der Waals surface area contributed by atoms with E-state index in [-0.39, 0.29) is 11.7 Å². The van der Waals surface area contributed by atoms with Crippen molar-refractivity contribution in [2.75, 3.05) is 13.1 Å². The Hall–Kier alpha value is -0.730. The highest BCUT2D eigenvalue weighted by Gasteiger charge is 2.27. The first kappa shape index (κ1) is 14.3. The van der Waals surface area contributed by atoms with Crippen LogP contribution in [0.5, 0.6) is 0 Å². The monoisotopic (exact) mass is 215 g/mol. The summed E-state index contributed by atoms with van der Waals surface area (Å²) < 4.78 is 5.26. The molecule has 1 fully saturated rings. The molecule has 1 saturated heterocycles. The van der Waals surface area contributed by atoms with Crippen LogP contribution in [0.25, 0.3) is 0 Å². The van der Waals surface area contributed by atoms with E-state index in [0.29, 0.717) is 5.92 Å². The maximum absolute atomic E-state index is 11.5. The predicted octanol–water partition coefficient (Wildman–Crippen LogP) is 3.29. The molecule has 1 amide bonds. The van der Waals surface area contributed by atoms with Gasteiger partial charge in [0.1, 0.15) is 5.60 Å². The molecule has 0 N–H and O–H groups in total. The first-order valence-corrected chi connectivity index (χ1v) is 5.86. The molecule has 0 aromatic rings. The summed E-state index contributed by atoms with van der Waals surface area (Å²) in [6.07, 6.45) is 0.927. The third-order valence-electron chi connectivity index (χ3n) is 2.08. The van der Waals surface area contributed by atoms with E-state index in [1.807, 2.05) is 34.6 Å². The molecule has 0 radical (unpaired) electrons. The lowest BCUT2D eigenvalue weighted by molar-refractivity contribution is 0.0289. The second kappa shape index (κ2) is 5.99. The van der Waals surface area contributed by atoms with Gasteiger partial charge in [-0.3, -0.25) is 0 Å². The zero-order valence-electron chi connectivity index (χ0n) is 11.0. The standard InChI is InChI=1S/C10H19NO2.C2H6/c1-8-5-6-11(7-8)9(12)13-10(2,3)4;1-2/h8H,5-7H2,1-4H3;1-2H3/t8-;/m0./s1. The van der Waals surface area contributed by atoms with Crippen molar-refractivity contribution in [1.82, 2.24) is 4.90 Å². The quantitative estimate of drug-likeness (QED) is 0.620. The number of nitrogens with zero attached hydrogens (tertiary/aromatic N) is 1. The molecule has 0 saturated carbocycles. The zero-order chi connectivity index (χ0) is 12.1. The van der Waals surface area contributed by atoms with Crippen molar-refractivity contribution >= 4 is 6.09 Å². The molecular formula is C12H25NO2. The molecule has 0 aliphatic carbocycles. The van der Waals surface area contributed by atoms with Gasteiger partial charge in [0.2, 0.25) is 0 Å². The van der Waals surface area contributed by atoms with Crippen molar-refractivity contribution in [1.29, 1.82) is 0 Å². The maximum atomic E-state index is 11.5. The largest absolute Gasteiger partial charge is 0.444 e. The Bertz CT molecular complexity index is 196. The van der Waals surface area contributed by atoms with Crippen LogP contribution in [-0.4, -0.2) is 29.7 Å². The van der Waals surface area contributed by atoms with Crippen molar-refractivity contribution in [2.24, 2.45) is 5.92 Å². The van der Waals surface area contributed by atoms with Gasteiger partial charge < -0.3 is 9.64 Å². The van der Waals surface area contributed by atoms with E-state index in [2.05, 4.69) is 6.92 Å². The van der Waals surface area contributed by atoms with Crippen molar-refractivity contribution in [3.63, 3.8) is 0 Å². The molecule has 0 aromatic heterocycles. The summed E-state index contributed by atoms with van der Waals surface area (Å²) in [6.45, 7) is 13.5. The molecule has 1 aliphatic heterocycles. The maximum Gasteiger partial charge on any atom is 0.410 e. The number of amides is 1. The van der Waals surface area contributed by atoms with E-state index in [4.69, 9.17) is 4.74 Å². The fourth-order valence-electron chi connectivity index (χ4n) is 1.43. The van der Waals surface area contributed by atoms with Gasteiger partial charge in [0.05, 0.1) is 0 Å². The molecule has 1 rings (SSSR count). The lowest BCUT2D eigenvalue weighted by atomic mass is 10.2. The summed E-state index contributed by atoms with van der Waals surface area (Å²) in [5.74, 6) is 0.618. The molecular weight excluding hydrogens is 190 g/mol. The zero-order valence-corrected chi connectivity index (χ0v) is 11.0. The van der Waals surface area contributed by atoms with Gasteiger partial charge in [0.15, 0.2) is 0 Å². The first-order valence-electron chi connectivity index (χ1n) is 5.86. The second-order valence-electron chi connectivity index (χ2n) is 4.82. The van der Waals surface area contributed by atoms with Gasteiger partial charge in [-0.25, -0.2) is 4.79 Å². The lowest BCUT2D eigenvalue weighted by Crippen LogP contribution is -2.35. The highest BCUT2D eigenvalue weighted by molar-refractivity contribution is 5.68. The van der Waals surface area contributed by atoms with Gasteiger partial charge >= 0.3 is 6.09 Å². The van der Waals surface area contributed by atoms with E-state index in [0.717, 1.165) is 19.5 Å². The molecule has 0 spiro atoms. The van der Waals surface area contributed by atoms with Crippen LogP contribution in [0.15, 0.2) is 0 Å². The van der Waals surface area contributed by atoms with Gasteiger partial charge in [0.25, 0.3) is 0 Å². The number of carbonyl (C=O) groups excluding carboxylic acids is 1. The highest BCUT2D eigenvalue weighted by Crippen LogP contribution is 2.18. The summed E-state index contributed by atoms with van der Waals surface area (Å²) in [5, 5.41) is 0. The summed E-state index contributed by atoms with van der Waals surface area (Å²) >= 11 is 0. The summed E-state index contributed by atoms with van der Waals surface area (Å²) in [5.41, 5.74) is -0.372. The third kappa shape index (κ3) is 5.65. The number of ether oxygens (including phenoxy) is 1. The molecule has 0 aromatic carbocycles. The second-order valence-corrected chi connectivity index (χ2v) is 4.82. The van der Waals surface area contributed by atoms with Crippen molar-refractivity contribution < 1.29 is 9.53 Å². The van der Waals surface area contributed by atoms with Crippen LogP contribution in [0.2, 0.25) is 0 Å². The Labute approximate surface area is 93.8 Å². The van der Waals surface area contributed by atoms with Gasteiger partial charge in [0, 0.05) is 13.1 Å². The van der Waals surface area contributed by atoms with Gasteiger partial charge in [-0.05, 0) is 33.1 Å². The first-order chi connectivity index (χ1) is 6.88. The molecule has 0 bridgehead atoms. The number of carbonyl (C=O) groups is 1. The third-order valence-corrected chi connectivity index (χ3v) is 2.08. The minimum absolute atomic E-state index is 0.170. The van der Waals surface area contributed by atoms with Crippen molar-refractivity contribution in [3.05, 3.63) is 0 Å². The van der Waals surface area contributed by atoms with E-state index >= 15 is 0 Å². The summed E-state index contributed by atoms with van der Waals surface area (Å²) in [7, 11) is 0. The molecule has 3 heteroatoms. The molecule has 1 heterocycles. The van der Waals surface area contributed by atoms with Gasteiger partial charge in [-0.2, -0.15) is 0 Å². The predicted molar refractivity (Wildman–Crippen MR) is 62.9 cm³/mol. The van der Waals surface area contributed by atoms with Crippen LogP contribution < -0.4 is 0 Å². The normalized spacial score (nSPS) is 20.7. The lowest BCUT2D eigenvalue weighted by Gasteiger charge is -2.24. The van der Waals surface area contributed by atoms with Crippen LogP contribution in [0.3, 0.4) is 0 Å². The van der Waals surface area contributed by atoms with E-state index in [1.165, 1.54) is 0 Å². The minimum Gasteiger partial charge on any atom is -0.444 e. The Morgan fingerprint density at radius 2 is 1.87 bits per heavy atom.